The van der Waals surface area contributed by atoms with Gasteiger partial charge in [0, 0.05) is 24.2 Å². The van der Waals surface area contributed by atoms with E-state index in [0.717, 1.165) is 11.8 Å². The highest BCUT2D eigenvalue weighted by Gasteiger charge is 2.00. The van der Waals surface area contributed by atoms with Crippen molar-refractivity contribution in [1.29, 1.82) is 0 Å². The highest BCUT2D eigenvalue weighted by molar-refractivity contribution is 5.83. The van der Waals surface area contributed by atoms with Crippen LogP contribution in [0.3, 0.4) is 0 Å². The minimum absolute atomic E-state index is 0.463. The molecule has 0 radical (unpaired) electrons. The molecule has 16 heavy (non-hydrogen) atoms. The van der Waals surface area contributed by atoms with E-state index in [1.165, 1.54) is 0 Å². The van der Waals surface area contributed by atoms with Crippen LogP contribution in [0.2, 0.25) is 0 Å². The van der Waals surface area contributed by atoms with Gasteiger partial charge >= 0.3 is 5.97 Å². The van der Waals surface area contributed by atoms with Gasteiger partial charge in [-0.2, -0.15) is 0 Å². The number of carbonyl (C=O) groups excluding carboxylic acids is 1. The Kier molecular flexibility index (Phi) is 2.82. The van der Waals surface area contributed by atoms with E-state index in [1.54, 1.807) is 24.7 Å². The number of carbonyl (C=O) groups is 1. The van der Waals surface area contributed by atoms with Crippen molar-refractivity contribution in [1.82, 2.24) is 9.55 Å². The quantitative estimate of drug-likeness (QED) is 0.445. The van der Waals surface area contributed by atoms with Crippen LogP contribution in [0.1, 0.15) is 0 Å². The smallest absolute Gasteiger partial charge is 0.335 e. The molecule has 0 aliphatic heterocycles. The first-order valence-electron chi connectivity index (χ1n) is 4.72. The SMILES string of the molecule is C=CC(=O)Oc1ccc(-n2ccnc2)cc1. The third kappa shape index (κ3) is 2.17. The largest absolute Gasteiger partial charge is 0.423 e. The van der Waals surface area contributed by atoms with Gasteiger partial charge in [0.15, 0.2) is 0 Å². The number of imidazole rings is 1. The third-order valence-corrected chi connectivity index (χ3v) is 2.02. The summed E-state index contributed by atoms with van der Waals surface area (Å²) in [5, 5.41) is 0. The van der Waals surface area contributed by atoms with Gasteiger partial charge in [-0.25, -0.2) is 9.78 Å². The normalized spacial score (nSPS) is 9.75. The molecule has 2 aromatic rings. The molecule has 0 N–H and O–H groups in total. The van der Waals surface area contributed by atoms with Gasteiger partial charge in [0.25, 0.3) is 0 Å². The summed E-state index contributed by atoms with van der Waals surface area (Å²) in [6, 6.07) is 7.12. The molecule has 0 aliphatic carbocycles. The van der Waals surface area contributed by atoms with Crippen LogP contribution in [0.5, 0.6) is 5.75 Å². The second-order valence-electron chi connectivity index (χ2n) is 3.09. The fraction of sp³-hybridized carbons (Fsp3) is 0. The third-order valence-electron chi connectivity index (χ3n) is 2.02. The Morgan fingerprint density at radius 1 is 1.38 bits per heavy atom. The fourth-order valence-corrected chi connectivity index (χ4v) is 1.26. The van der Waals surface area contributed by atoms with E-state index in [2.05, 4.69) is 11.6 Å². The summed E-state index contributed by atoms with van der Waals surface area (Å²) in [5.74, 6) is 0.0316. The lowest BCUT2D eigenvalue weighted by Crippen LogP contribution is -2.02. The molecule has 80 valence electrons. The van der Waals surface area contributed by atoms with Gasteiger partial charge in [-0.3, -0.25) is 0 Å². The molecule has 1 aromatic heterocycles. The van der Waals surface area contributed by atoms with Crippen LogP contribution in [0, 0.1) is 0 Å². The molecule has 2 rings (SSSR count). The number of rotatable bonds is 3. The predicted octanol–water partition coefficient (Wildman–Crippen LogP) is 1.96. The van der Waals surface area contributed by atoms with Gasteiger partial charge in [0.05, 0.1) is 6.33 Å². The summed E-state index contributed by atoms with van der Waals surface area (Å²) in [7, 11) is 0. The van der Waals surface area contributed by atoms with Crippen LogP contribution in [-0.2, 0) is 4.79 Å². The predicted molar refractivity (Wildman–Crippen MR) is 59.4 cm³/mol. The van der Waals surface area contributed by atoms with E-state index >= 15 is 0 Å². The number of aromatic nitrogens is 2. The summed E-state index contributed by atoms with van der Waals surface area (Å²) in [5.41, 5.74) is 0.955. The molecule has 0 saturated heterocycles. The molecular weight excluding hydrogens is 204 g/mol. The van der Waals surface area contributed by atoms with Gasteiger partial charge in [-0.1, -0.05) is 6.58 Å². The van der Waals surface area contributed by atoms with E-state index in [9.17, 15) is 4.79 Å². The van der Waals surface area contributed by atoms with Gasteiger partial charge in [-0.05, 0) is 24.3 Å². The second kappa shape index (κ2) is 4.44. The van der Waals surface area contributed by atoms with E-state index in [4.69, 9.17) is 4.74 Å². The molecule has 1 aromatic carbocycles. The number of ether oxygens (including phenoxy) is 1. The maximum atomic E-state index is 10.9. The molecule has 0 amide bonds. The Morgan fingerprint density at radius 3 is 2.69 bits per heavy atom. The zero-order chi connectivity index (χ0) is 11.4. The van der Waals surface area contributed by atoms with Crippen LogP contribution in [0.4, 0.5) is 0 Å². The number of hydrogen-bond donors (Lipinski definition) is 0. The first-order chi connectivity index (χ1) is 7.79. The van der Waals surface area contributed by atoms with Crippen LogP contribution in [0.15, 0.2) is 55.6 Å². The molecule has 0 atom stereocenters. The lowest BCUT2D eigenvalue weighted by Gasteiger charge is -2.04. The summed E-state index contributed by atoms with van der Waals surface area (Å²) in [6.45, 7) is 3.33. The Morgan fingerprint density at radius 2 is 2.12 bits per heavy atom. The molecule has 4 heteroatoms. The number of esters is 1. The Balaban J connectivity index is 2.17. The molecule has 0 bridgehead atoms. The summed E-state index contributed by atoms with van der Waals surface area (Å²) < 4.78 is 6.81. The summed E-state index contributed by atoms with van der Waals surface area (Å²) >= 11 is 0. The van der Waals surface area contributed by atoms with E-state index in [1.807, 2.05) is 22.9 Å². The topological polar surface area (TPSA) is 44.1 Å². The Hall–Kier alpha value is -2.36. The molecule has 0 aliphatic rings. The maximum Gasteiger partial charge on any atom is 0.335 e. The van der Waals surface area contributed by atoms with Crippen molar-refractivity contribution in [2.75, 3.05) is 0 Å². The number of benzene rings is 1. The highest BCUT2D eigenvalue weighted by Crippen LogP contribution is 2.15. The molecular formula is C12H10N2O2. The van der Waals surface area contributed by atoms with E-state index < -0.39 is 5.97 Å². The van der Waals surface area contributed by atoms with Crippen molar-refractivity contribution < 1.29 is 9.53 Å². The Bertz CT molecular complexity index is 486. The van der Waals surface area contributed by atoms with Crippen LogP contribution in [0.25, 0.3) is 5.69 Å². The zero-order valence-electron chi connectivity index (χ0n) is 8.54. The van der Waals surface area contributed by atoms with E-state index in [0.29, 0.717) is 5.75 Å². The first kappa shape index (κ1) is 10.2. The average Bonchev–Trinajstić information content (AvgIpc) is 2.83. The van der Waals surface area contributed by atoms with Crippen molar-refractivity contribution in [2.24, 2.45) is 0 Å². The van der Waals surface area contributed by atoms with Crippen molar-refractivity contribution in [3.05, 3.63) is 55.6 Å². The van der Waals surface area contributed by atoms with Gasteiger partial charge in [0.1, 0.15) is 5.75 Å². The average molecular weight is 214 g/mol. The fourth-order valence-electron chi connectivity index (χ4n) is 1.26. The van der Waals surface area contributed by atoms with Crippen molar-refractivity contribution >= 4 is 5.97 Å². The minimum atomic E-state index is -0.463. The summed E-state index contributed by atoms with van der Waals surface area (Å²) in [6.07, 6.45) is 6.37. The molecule has 1 heterocycles. The zero-order valence-corrected chi connectivity index (χ0v) is 8.54. The van der Waals surface area contributed by atoms with E-state index in [-0.39, 0.29) is 0 Å². The maximum absolute atomic E-state index is 10.9. The molecule has 0 saturated carbocycles. The minimum Gasteiger partial charge on any atom is -0.423 e. The first-order valence-corrected chi connectivity index (χ1v) is 4.72. The molecule has 0 spiro atoms. The monoisotopic (exact) mass is 214 g/mol. The lowest BCUT2D eigenvalue weighted by molar-refractivity contribution is -0.128. The molecule has 4 nitrogen and oxygen atoms in total. The molecule has 0 fully saturated rings. The number of hydrogen-bond acceptors (Lipinski definition) is 3. The molecule has 0 unspecified atom stereocenters. The summed E-state index contributed by atoms with van der Waals surface area (Å²) in [4.78, 5) is 14.9. The van der Waals surface area contributed by atoms with Crippen molar-refractivity contribution in [3.8, 4) is 11.4 Å². The van der Waals surface area contributed by atoms with Crippen molar-refractivity contribution in [2.45, 2.75) is 0 Å². The van der Waals surface area contributed by atoms with Crippen molar-refractivity contribution in [3.63, 3.8) is 0 Å². The van der Waals surface area contributed by atoms with Gasteiger partial charge in [-0.15, -0.1) is 0 Å². The number of nitrogens with zero attached hydrogens (tertiary/aromatic N) is 2. The standard InChI is InChI=1S/C12H10N2O2/c1-2-12(15)16-11-5-3-10(4-6-11)14-8-7-13-9-14/h2-9H,1H2. The lowest BCUT2D eigenvalue weighted by atomic mass is 10.3. The van der Waals surface area contributed by atoms with Gasteiger partial charge < -0.3 is 9.30 Å². The Labute approximate surface area is 92.8 Å². The van der Waals surface area contributed by atoms with Crippen LogP contribution < -0.4 is 4.74 Å². The second-order valence-corrected chi connectivity index (χ2v) is 3.09. The highest BCUT2D eigenvalue weighted by atomic mass is 16.5. The van der Waals surface area contributed by atoms with Crippen LogP contribution in [-0.4, -0.2) is 15.5 Å². The van der Waals surface area contributed by atoms with Gasteiger partial charge in [0.2, 0.25) is 0 Å². The van der Waals surface area contributed by atoms with Crippen LogP contribution >= 0.6 is 0 Å².